The Morgan fingerprint density at radius 3 is 2.75 bits per heavy atom. The lowest BCUT2D eigenvalue weighted by Crippen LogP contribution is -2.56. The minimum Gasteiger partial charge on any atom is -0.375 e. The molecule has 0 radical (unpaired) electrons. The standard InChI is InChI=1S/C12H24N2O2/c1-5-12(4,13)10(15)14-9-6-7-16-11(2,3)8-9/h9H,5-8,13H2,1-4H3,(H,14,15). The van der Waals surface area contributed by atoms with Crippen molar-refractivity contribution in [2.45, 2.75) is 64.1 Å². The Morgan fingerprint density at radius 2 is 2.25 bits per heavy atom. The topological polar surface area (TPSA) is 64.4 Å². The Labute approximate surface area is 97.9 Å². The van der Waals surface area contributed by atoms with Crippen LogP contribution in [-0.2, 0) is 9.53 Å². The molecule has 0 aromatic carbocycles. The van der Waals surface area contributed by atoms with E-state index in [9.17, 15) is 4.79 Å². The molecule has 4 heteroatoms. The SMILES string of the molecule is CCC(C)(N)C(=O)NC1CCOC(C)(C)C1. The highest BCUT2D eigenvalue weighted by Crippen LogP contribution is 2.24. The van der Waals surface area contributed by atoms with Crippen molar-refractivity contribution in [1.82, 2.24) is 5.32 Å². The maximum absolute atomic E-state index is 11.9. The van der Waals surface area contributed by atoms with Crippen LogP contribution in [0.3, 0.4) is 0 Å². The molecule has 2 unspecified atom stereocenters. The number of nitrogens with one attached hydrogen (secondary N) is 1. The van der Waals surface area contributed by atoms with Crippen molar-refractivity contribution in [1.29, 1.82) is 0 Å². The lowest BCUT2D eigenvalue weighted by atomic mass is 9.92. The van der Waals surface area contributed by atoms with Crippen molar-refractivity contribution in [3.8, 4) is 0 Å². The van der Waals surface area contributed by atoms with Crippen LogP contribution in [0.15, 0.2) is 0 Å². The molecule has 0 bridgehead atoms. The second kappa shape index (κ2) is 4.72. The van der Waals surface area contributed by atoms with Crippen LogP contribution in [0.4, 0.5) is 0 Å². The van der Waals surface area contributed by atoms with Crippen LogP contribution in [0, 0.1) is 0 Å². The van der Waals surface area contributed by atoms with Gasteiger partial charge in [0.1, 0.15) is 0 Å². The van der Waals surface area contributed by atoms with Gasteiger partial charge in [0, 0.05) is 12.6 Å². The third-order valence-electron chi connectivity index (χ3n) is 3.29. The van der Waals surface area contributed by atoms with Crippen molar-refractivity contribution in [3.63, 3.8) is 0 Å². The van der Waals surface area contributed by atoms with Crippen molar-refractivity contribution >= 4 is 5.91 Å². The van der Waals surface area contributed by atoms with E-state index in [-0.39, 0.29) is 17.6 Å². The van der Waals surface area contributed by atoms with Gasteiger partial charge in [-0.1, -0.05) is 6.92 Å². The van der Waals surface area contributed by atoms with Crippen LogP contribution in [0.5, 0.6) is 0 Å². The number of ether oxygens (including phenoxy) is 1. The van der Waals surface area contributed by atoms with E-state index in [1.807, 2.05) is 20.8 Å². The summed E-state index contributed by atoms with van der Waals surface area (Å²) in [6, 6.07) is 0.186. The number of amides is 1. The van der Waals surface area contributed by atoms with Gasteiger partial charge < -0.3 is 15.8 Å². The lowest BCUT2D eigenvalue weighted by Gasteiger charge is -2.37. The average Bonchev–Trinajstić information content (AvgIpc) is 2.16. The first-order valence-corrected chi connectivity index (χ1v) is 6.00. The number of rotatable bonds is 3. The number of hydrogen-bond donors (Lipinski definition) is 2. The third-order valence-corrected chi connectivity index (χ3v) is 3.29. The molecule has 0 spiro atoms. The highest BCUT2D eigenvalue weighted by Gasteiger charge is 2.33. The molecule has 1 amide bonds. The number of carbonyl (C=O) groups is 1. The highest BCUT2D eigenvalue weighted by molar-refractivity contribution is 5.85. The first-order chi connectivity index (χ1) is 7.27. The Hall–Kier alpha value is -0.610. The molecule has 1 aliphatic heterocycles. The van der Waals surface area contributed by atoms with Gasteiger partial charge in [0.15, 0.2) is 0 Å². The van der Waals surface area contributed by atoms with E-state index in [4.69, 9.17) is 10.5 Å². The molecule has 1 saturated heterocycles. The average molecular weight is 228 g/mol. The number of nitrogens with two attached hydrogens (primary N) is 1. The monoisotopic (exact) mass is 228 g/mol. The second-order valence-corrected chi connectivity index (χ2v) is 5.54. The normalized spacial score (nSPS) is 28.2. The fourth-order valence-corrected chi connectivity index (χ4v) is 1.87. The van der Waals surface area contributed by atoms with Gasteiger partial charge in [-0.3, -0.25) is 4.79 Å². The maximum atomic E-state index is 11.9. The van der Waals surface area contributed by atoms with Gasteiger partial charge in [-0.2, -0.15) is 0 Å². The van der Waals surface area contributed by atoms with Crippen molar-refractivity contribution in [2.24, 2.45) is 5.73 Å². The van der Waals surface area contributed by atoms with E-state index < -0.39 is 5.54 Å². The second-order valence-electron chi connectivity index (χ2n) is 5.54. The molecule has 0 saturated carbocycles. The van der Waals surface area contributed by atoms with E-state index in [0.717, 1.165) is 12.8 Å². The fraction of sp³-hybridized carbons (Fsp3) is 0.917. The zero-order valence-electron chi connectivity index (χ0n) is 10.8. The zero-order chi connectivity index (χ0) is 12.4. The van der Waals surface area contributed by atoms with Crippen molar-refractivity contribution < 1.29 is 9.53 Å². The van der Waals surface area contributed by atoms with Gasteiger partial charge in [0.25, 0.3) is 0 Å². The van der Waals surface area contributed by atoms with E-state index in [1.165, 1.54) is 0 Å². The van der Waals surface area contributed by atoms with Crippen LogP contribution in [0.25, 0.3) is 0 Å². The Morgan fingerprint density at radius 1 is 1.62 bits per heavy atom. The van der Waals surface area contributed by atoms with Gasteiger partial charge in [0.2, 0.25) is 5.91 Å². The first kappa shape index (κ1) is 13.5. The summed E-state index contributed by atoms with van der Waals surface area (Å²) in [4.78, 5) is 11.9. The molecule has 2 atom stereocenters. The van der Waals surface area contributed by atoms with Gasteiger partial charge in [-0.15, -0.1) is 0 Å². The summed E-state index contributed by atoms with van der Waals surface area (Å²) in [5, 5.41) is 3.02. The first-order valence-electron chi connectivity index (χ1n) is 6.00. The lowest BCUT2D eigenvalue weighted by molar-refractivity contribution is -0.128. The third kappa shape index (κ3) is 3.46. The summed E-state index contributed by atoms with van der Waals surface area (Å²) in [7, 11) is 0. The summed E-state index contributed by atoms with van der Waals surface area (Å²) >= 11 is 0. The quantitative estimate of drug-likeness (QED) is 0.762. The predicted molar refractivity (Wildman–Crippen MR) is 64.1 cm³/mol. The van der Waals surface area contributed by atoms with E-state index in [2.05, 4.69) is 5.32 Å². The predicted octanol–water partition coefficient (Wildman–Crippen LogP) is 1.19. The molecule has 1 aliphatic rings. The molecule has 3 N–H and O–H groups in total. The van der Waals surface area contributed by atoms with Gasteiger partial charge in [0.05, 0.1) is 11.1 Å². The van der Waals surface area contributed by atoms with Crippen LogP contribution >= 0.6 is 0 Å². The summed E-state index contributed by atoms with van der Waals surface area (Å²) in [5.41, 5.74) is 4.99. The zero-order valence-corrected chi connectivity index (χ0v) is 10.8. The van der Waals surface area contributed by atoms with Crippen LogP contribution in [0.1, 0.15) is 47.0 Å². The van der Waals surface area contributed by atoms with E-state index in [0.29, 0.717) is 13.0 Å². The van der Waals surface area contributed by atoms with Gasteiger partial charge >= 0.3 is 0 Å². The molecule has 16 heavy (non-hydrogen) atoms. The molecule has 0 aliphatic carbocycles. The summed E-state index contributed by atoms with van der Waals surface area (Å²) < 4.78 is 5.61. The molecule has 4 nitrogen and oxygen atoms in total. The molecule has 1 rings (SSSR count). The molecule has 94 valence electrons. The summed E-state index contributed by atoms with van der Waals surface area (Å²) in [6.45, 7) is 8.49. The van der Waals surface area contributed by atoms with Gasteiger partial charge in [-0.25, -0.2) is 0 Å². The maximum Gasteiger partial charge on any atom is 0.240 e. The molecule has 1 fully saturated rings. The Bertz CT molecular complexity index is 262. The van der Waals surface area contributed by atoms with Crippen LogP contribution in [-0.4, -0.2) is 29.7 Å². The van der Waals surface area contributed by atoms with Gasteiger partial charge in [-0.05, 0) is 40.0 Å². The minimum atomic E-state index is -0.761. The Kier molecular flexibility index (Phi) is 3.97. The smallest absolute Gasteiger partial charge is 0.240 e. The van der Waals surface area contributed by atoms with E-state index in [1.54, 1.807) is 6.92 Å². The van der Waals surface area contributed by atoms with E-state index >= 15 is 0 Å². The molecule has 1 heterocycles. The molecular weight excluding hydrogens is 204 g/mol. The fourth-order valence-electron chi connectivity index (χ4n) is 1.87. The summed E-state index contributed by atoms with van der Waals surface area (Å²) in [5.74, 6) is -0.0577. The highest BCUT2D eigenvalue weighted by atomic mass is 16.5. The molecular formula is C12H24N2O2. The number of carbonyl (C=O) groups excluding carboxylic acids is 1. The summed E-state index contributed by atoms with van der Waals surface area (Å²) in [6.07, 6.45) is 2.36. The molecule has 0 aromatic rings. The number of hydrogen-bond acceptors (Lipinski definition) is 3. The molecule has 0 aromatic heterocycles. The van der Waals surface area contributed by atoms with Crippen LogP contribution in [0.2, 0.25) is 0 Å². The largest absolute Gasteiger partial charge is 0.375 e. The van der Waals surface area contributed by atoms with Crippen LogP contribution < -0.4 is 11.1 Å². The minimum absolute atomic E-state index is 0.0577. The Balaban J connectivity index is 2.52. The van der Waals surface area contributed by atoms with Crippen molar-refractivity contribution in [2.75, 3.05) is 6.61 Å². The van der Waals surface area contributed by atoms with Crippen molar-refractivity contribution in [3.05, 3.63) is 0 Å².